The molecule has 27 heavy (non-hydrogen) atoms. The molecule has 1 aromatic carbocycles. The van der Waals surface area contributed by atoms with Gasteiger partial charge in [0.1, 0.15) is 13.2 Å². The first kappa shape index (κ1) is 15.7. The minimum absolute atomic E-state index is 0.151. The van der Waals surface area contributed by atoms with Crippen LogP contribution in [0.3, 0.4) is 0 Å². The van der Waals surface area contributed by atoms with Gasteiger partial charge in [0.2, 0.25) is 5.60 Å². The van der Waals surface area contributed by atoms with E-state index < -0.39 is 5.60 Å². The molecule has 0 spiro atoms. The molecule has 2 aromatic heterocycles. The molecule has 7 heteroatoms. The number of carbonyl (C=O) groups excluding carboxylic acids is 1. The van der Waals surface area contributed by atoms with Crippen LogP contribution in [0.4, 0.5) is 5.82 Å². The number of nitrogens with two attached hydrogens (primary N) is 1. The van der Waals surface area contributed by atoms with Crippen LogP contribution in [-0.4, -0.2) is 50.1 Å². The summed E-state index contributed by atoms with van der Waals surface area (Å²) in [4.78, 5) is 25.9. The normalized spacial score (nSPS) is 19.7. The first-order chi connectivity index (χ1) is 13.4. The van der Waals surface area contributed by atoms with Crippen molar-refractivity contribution in [3.63, 3.8) is 0 Å². The number of hydrogen-bond acceptors (Lipinski definition) is 6. The predicted molar refractivity (Wildman–Crippen MR) is 101 cm³/mol. The number of likely N-dealkylation sites (N-methyl/N-ethyl adjacent to an activating group) is 1. The van der Waals surface area contributed by atoms with Crippen LogP contribution in [0, 0.1) is 11.8 Å². The summed E-state index contributed by atoms with van der Waals surface area (Å²) in [5.41, 5.74) is 7.27. The fourth-order valence-electron chi connectivity index (χ4n) is 2.98. The van der Waals surface area contributed by atoms with Crippen LogP contribution >= 0.6 is 0 Å². The van der Waals surface area contributed by atoms with Crippen LogP contribution in [0.25, 0.3) is 22.3 Å². The quantitative estimate of drug-likeness (QED) is 0.632. The predicted octanol–water partition coefficient (Wildman–Crippen LogP) is 1.22. The lowest BCUT2D eigenvalue weighted by Gasteiger charge is -2.13. The fourth-order valence-corrected chi connectivity index (χ4v) is 2.98. The van der Waals surface area contributed by atoms with E-state index in [-0.39, 0.29) is 18.0 Å². The summed E-state index contributed by atoms with van der Waals surface area (Å²) >= 11 is 0. The van der Waals surface area contributed by atoms with Gasteiger partial charge in [0.05, 0.1) is 11.2 Å². The third-order valence-electron chi connectivity index (χ3n) is 4.54. The molecule has 1 fully saturated rings. The first-order valence-corrected chi connectivity index (χ1v) is 8.38. The van der Waals surface area contributed by atoms with Crippen molar-refractivity contribution in [2.75, 3.05) is 19.3 Å². The molecule has 1 atom stereocenters. The molecule has 3 aromatic rings. The minimum atomic E-state index is -1.63. The molecule has 3 N–H and O–H groups in total. The molecule has 0 radical (unpaired) electrons. The number of aliphatic hydroxyl groups is 1. The highest BCUT2D eigenvalue weighted by Gasteiger charge is 2.42. The molecule has 1 aliphatic rings. The average molecular weight is 360 g/mol. The SMILES string of the molecule is [2H]c1nc(N)c2nc(-c3cccc(C#C[C@@]4(O)CCN(C)C4=O)c3)ccc2n1. The van der Waals surface area contributed by atoms with Crippen molar-refractivity contribution >= 4 is 22.8 Å². The fraction of sp³-hybridized carbons (Fsp3) is 0.200. The lowest BCUT2D eigenvalue weighted by atomic mass is 10.0. The van der Waals surface area contributed by atoms with Crippen LogP contribution in [0.5, 0.6) is 0 Å². The molecular weight excluding hydrogens is 342 g/mol. The standard InChI is InChI=1S/C20H17N5O2/c1-25-10-9-20(27,19(25)26)8-7-13-3-2-4-14(11-13)15-5-6-16-17(24-15)18(21)23-12-22-16/h2-6,11-12,27H,9-10H2,1H3,(H2,21,22,23)/t20-/m1/s1/i12D. The van der Waals surface area contributed by atoms with Gasteiger partial charge in [-0.05, 0) is 24.3 Å². The van der Waals surface area contributed by atoms with E-state index in [9.17, 15) is 9.90 Å². The van der Waals surface area contributed by atoms with Gasteiger partial charge in [-0.25, -0.2) is 15.0 Å². The number of carbonyl (C=O) groups is 1. The summed E-state index contributed by atoms with van der Waals surface area (Å²) in [5, 5.41) is 10.4. The Bertz CT molecular complexity index is 1170. The Morgan fingerprint density at radius 2 is 2.19 bits per heavy atom. The van der Waals surface area contributed by atoms with Crippen molar-refractivity contribution in [1.82, 2.24) is 19.9 Å². The number of rotatable bonds is 1. The number of nitrogens with zero attached hydrogens (tertiary/aromatic N) is 4. The molecule has 7 nitrogen and oxygen atoms in total. The van der Waals surface area contributed by atoms with Gasteiger partial charge in [0.25, 0.3) is 5.91 Å². The maximum absolute atomic E-state index is 12.0. The van der Waals surface area contributed by atoms with Gasteiger partial charge in [0, 0.05) is 31.1 Å². The number of benzene rings is 1. The second-order valence-electron chi connectivity index (χ2n) is 6.44. The van der Waals surface area contributed by atoms with Gasteiger partial charge in [-0.3, -0.25) is 4.79 Å². The summed E-state index contributed by atoms with van der Waals surface area (Å²) in [6.45, 7) is 0.481. The number of amides is 1. The molecule has 1 saturated heterocycles. The van der Waals surface area contributed by atoms with E-state index in [1.807, 2.05) is 18.2 Å². The summed E-state index contributed by atoms with van der Waals surface area (Å²) in [6.07, 6.45) is 0.139. The van der Waals surface area contributed by atoms with Crippen molar-refractivity contribution in [3.05, 3.63) is 48.3 Å². The Kier molecular flexibility index (Phi) is 3.69. The van der Waals surface area contributed by atoms with Gasteiger partial charge in [-0.15, -0.1) is 0 Å². The monoisotopic (exact) mass is 360 g/mol. The van der Waals surface area contributed by atoms with E-state index in [1.54, 1.807) is 25.2 Å². The van der Waals surface area contributed by atoms with E-state index in [1.165, 1.54) is 4.90 Å². The van der Waals surface area contributed by atoms with E-state index >= 15 is 0 Å². The van der Waals surface area contributed by atoms with E-state index in [0.29, 0.717) is 35.3 Å². The van der Waals surface area contributed by atoms with Gasteiger partial charge in [0.15, 0.2) is 5.82 Å². The first-order valence-electron chi connectivity index (χ1n) is 8.88. The van der Waals surface area contributed by atoms with Crippen molar-refractivity contribution in [3.8, 4) is 23.1 Å². The Hall–Kier alpha value is -3.50. The second kappa shape index (κ2) is 6.34. The van der Waals surface area contributed by atoms with Crippen molar-refractivity contribution < 1.29 is 11.3 Å². The minimum Gasteiger partial charge on any atom is -0.382 e. The number of hydrogen-bond donors (Lipinski definition) is 2. The Labute approximate surface area is 157 Å². The van der Waals surface area contributed by atoms with Gasteiger partial charge >= 0.3 is 0 Å². The van der Waals surface area contributed by atoms with Crippen molar-refractivity contribution in [1.29, 1.82) is 0 Å². The third-order valence-corrected chi connectivity index (χ3v) is 4.54. The van der Waals surface area contributed by atoms with E-state index in [4.69, 9.17) is 7.10 Å². The zero-order valence-electron chi connectivity index (χ0n) is 15.6. The Morgan fingerprint density at radius 3 is 2.96 bits per heavy atom. The largest absolute Gasteiger partial charge is 0.382 e. The molecule has 0 bridgehead atoms. The van der Waals surface area contributed by atoms with Gasteiger partial charge < -0.3 is 15.7 Å². The topological polar surface area (TPSA) is 105 Å². The zero-order valence-corrected chi connectivity index (χ0v) is 14.6. The highest BCUT2D eigenvalue weighted by molar-refractivity contribution is 5.90. The molecule has 4 rings (SSSR count). The van der Waals surface area contributed by atoms with Crippen molar-refractivity contribution in [2.24, 2.45) is 0 Å². The summed E-state index contributed by atoms with van der Waals surface area (Å²) < 4.78 is 7.53. The van der Waals surface area contributed by atoms with E-state index in [0.717, 1.165) is 5.56 Å². The molecular formula is C20H17N5O2. The van der Waals surface area contributed by atoms with Crippen LogP contribution in [0.15, 0.2) is 42.7 Å². The van der Waals surface area contributed by atoms with Crippen LogP contribution < -0.4 is 5.73 Å². The van der Waals surface area contributed by atoms with Crippen molar-refractivity contribution in [2.45, 2.75) is 12.0 Å². The molecule has 0 saturated carbocycles. The maximum atomic E-state index is 12.0. The molecule has 3 heterocycles. The summed E-state index contributed by atoms with van der Waals surface area (Å²) in [7, 11) is 1.65. The Morgan fingerprint density at radius 1 is 1.33 bits per heavy atom. The number of pyridine rings is 1. The van der Waals surface area contributed by atoms with Gasteiger partial charge in [-0.2, -0.15) is 0 Å². The molecule has 0 aliphatic carbocycles. The molecule has 134 valence electrons. The molecule has 0 unspecified atom stereocenters. The smallest absolute Gasteiger partial charge is 0.267 e. The lowest BCUT2D eigenvalue weighted by molar-refractivity contribution is -0.137. The molecule has 1 aliphatic heterocycles. The highest BCUT2D eigenvalue weighted by atomic mass is 16.3. The summed E-state index contributed by atoms with van der Waals surface area (Å²) in [6, 6.07) is 10.8. The number of aromatic nitrogens is 3. The Balaban J connectivity index is 1.70. The average Bonchev–Trinajstić information content (AvgIpc) is 2.94. The maximum Gasteiger partial charge on any atom is 0.267 e. The highest BCUT2D eigenvalue weighted by Crippen LogP contribution is 2.24. The number of likely N-dealkylation sites (tertiary alicyclic amines) is 1. The third kappa shape index (κ3) is 3.07. The van der Waals surface area contributed by atoms with E-state index in [2.05, 4.69) is 26.8 Å². The lowest BCUT2D eigenvalue weighted by Crippen LogP contribution is -2.37. The molecule has 1 amide bonds. The number of nitrogen functional groups attached to an aromatic ring is 1. The van der Waals surface area contributed by atoms with Gasteiger partial charge in [-0.1, -0.05) is 24.0 Å². The second-order valence-corrected chi connectivity index (χ2v) is 6.44. The zero-order chi connectivity index (χ0) is 19.9. The number of fused-ring (bicyclic) bond motifs is 1. The summed E-state index contributed by atoms with van der Waals surface area (Å²) in [5.74, 6) is 5.38. The number of anilines is 1. The van der Waals surface area contributed by atoms with Crippen LogP contribution in [0.1, 0.15) is 13.4 Å². The van der Waals surface area contributed by atoms with Crippen LogP contribution in [0.2, 0.25) is 0 Å². The van der Waals surface area contributed by atoms with Crippen LogP contribution in [-0.2, 0) is 4.79 Å².